The number of carbonyl (C=O) groups excluding carboxylic acids is 2. The lowest BCUT2D eigenvalue weighted by Gasteiger charge is -2.33. The summed E-state index contributed by atoms with van der Waals surface area (Å²) >= 11 is 0. The molecule has 0 spiro atoms. The minimum absolute atomic E-state index is 0.0287. The molecule has 1 aromatic carbocycles. The Morgan fingerprint density at radius 3 is 2.89 bits per heavy atom. The Kier molecular flexibility index (Phi) is 5.73. The average molecular weight is 371 g/mol. The molecule has 0 saturated carbocycles. The second-order valence-corrected chi connectivity index (χ2v) is 6.99. The van der Waals surface area contributed by atoms with E-state index in [4.69, 9.17) is 4.74 Å². The number of benzene rings is 1. The molecule has 0 unspecified atom stereocenters. The number of aromatic nitrogens is 3. The molecule has 8 nitrogen and oxygen atoms in total. The maximum atomic E-state index is 12.9. The summed E-state index contributed by atoms with van der Waals surface area (Å²) in [4.78, 5) is 27.0. The lowest BCUT2D eigenvalue weighted by molar-refractivity contribution is -0.141. The van der Waals surface area contributed by atoms with Crippen LogP contribution >= 0.6 is 0 Å². The summed E-state index contributed by atoms with van der Waals surface area (Å²) in [7, 11) is 0. The van der Waals surface area contributed by atoms with Gasteiger partial charge in [-0.05, 0) is 31.4 Å². The molecule has 1 N–H and O–H groups in total. The molecule has 0 bridgehead atoms. The Labute approximate surface area is 158 Å². The number of rotatable bonds is 7. The normalized spacial score (nSPS) is 16.4. The van der Waals surface area contributed by atoms with Crippen molar-refractivity contribution in [2.45, 2.75) is 39.8 Å². The lowest BCUT2D eigenvalue weighted by Crippen LogP contribution is -2.46. The van der Waals surface area contributed by atoms with Crippen molar-refractivity contribution in [3.63, 3.8) is 0 Å². The van der Waals surface area contributed by atoms with E-state index >= 15 is 0 Å². The van der Waals surface area contributed by atoms with Crippen molar-refractivity contribution in [2.24, 2.45) is 5.92 Å². The third-order valence-corrected chi connectivity index (χ3v) is 4.38. The van der Waals surface area contributed by atoms with Gasteiger partial charge in [0.05, 0.1) is 30.7 Å². The molecule has 8 heteroatoms. The highest BCUT2D eigenvalue weighted by molar-refractivity contribution is 5.96. The van der Waals surface area contributed by atoms with Crippen LogP contribution in [0.5, 0.6) is 5.75 Å². The van der Waals surface area contributed by atoms with Gasteiger partial charge >= 0.3 is 0 Å². The van der Waals surface area contributed by atoms with Crippen molar-refractivity contribution in [3.05, 3.63) is 36.2 Å². The zero-order valence-electron chi connectivity index (χ0n) is 15.9. The van der Waals surface area contributed by atoms with E-state index < -0.39 is 6.04 Å². The van der Waals surface area contributed by atoms with E-state index in [0.717, 1.165) is 5.69 Å². The van der Waals surface area contributed by atoms with Crippen LogP contribution in [0.1, 0.15) is 38.9 Å². The summed E-state index contributed by atoms with van der Waals surface area (Å²) in [5.41, 5.74) is 1.43. The Morgan fingerprint density at radius 1 is 1.37 bits per heavy atom. The second-order valence-electron chi connectivity index (χ2n) is 6.99. The summed E-state index contributed by atoms with van der Waals surface area (Å²) in [6, 6.07) is 6.84. The number of ether oxygens (including phenoxy) is 1. The Balaban J connectivity index is 1.72. The molecule has 0 aliphatic carbocycles. The number of hydrogen-bond donors (Lipinski definition) is 1. The quantitative estimate of drug-likeness (QED) is 0.806. The summed E-state index contributed by atoms with van der Waals surface area (Å²) in [5.74, 6) is 0.566. The number of nitrogens with zero attached hydrogens (tertiary/aromatic N) is 4. The van der Waals surface area contributed by atoms with Gasteiger partial charge in [-0.25, -0.2) is 4.68 Å². The Hall–Kier alpha value is -2.90. The molecular formula is C19H25N5O3. The molecule has 3 rings (SSSR count). The van der Waals surface area contributed by atoms with Crippen molar-refractivity contribution in [1.29, 1.82) is 0 Å². The summed E-state index contributed by atoms with van der Waals surface area (Å²) in [6.45, 7) is 6.79. The first-order valence-corrected chi connectivity index (χ1v) is 9.19. The van der Waals surface area contributed by atoms with Crippen molar-refractivity contribution in [2.75, 3.05) is 18.5 Å². The monoisotopic (exact) mass is 371 g/mol. The van der Waals surface area contributed by atoms with Crippen LogP contribution in [-0.2, 0) is 16.1 Å². The van der Waals surface area contributed by atoms with Gasteiger partial charge in [-0.15, -0.1) is 5.10 Å². The van der Waals surface area contributed by atoms with E-state index in [1.165, 1.54) is 0 Å². The summed E-state index contributed by atoms with van der Waals surface area (Å²) < 4.78 is 7.21. The van der Waals surface area contributed by atoms with E-state index in [-0.39, 0.29) is 18.4 Å². The first-order valence-electron chi connectivity index (χ1n) is 9.19. The first-order chi connectivity index (χ1) is 13.0. The van der Waals surface area contributed by atoms with Crippen LogP contribution in [0.4, 0.5) is 5.69 Å². The van der Waals surface area contributed by atoms with Crippen molar-refractivity contribution in [1.82, 2.24) is 19.9 Å². The highest BCUT2D eigenvalue weighted by Crippen LogP contribution is 2.27. The summed E-state index contributed by atoms with van der Waals surface area (Å²) in [6.07, 6.45) is 2.30. The van der Waals surface area contributed by atoms with Crippen LogP contribution in [0, 0.1) is 5.92 Å². The van der Waals surface area contributed by atoms with Gasteiger partial charge in [0.25, 0.3) is 0 Å². The fourth-order valence-corrected chi connectivity index (χ4v) is 3.22. The predicted molar refractivity (Wildman–Crippen MR) is 100 cm³/mol. The van der Waals surface area contributed by atoms with Crippen molar-refractivity contribution >= 4 is 17.5 Å². The SMILES string of the molecule is CCOc1ccccc1NC(=O)CN1Cc2cnnn2[C@@H](CC(C)C)C1=O. The number of hydrogen-bond acceptors (Lipinski definition) is 5. The second kappa shape index (κ2) is 8.20. The third-order valence-electron chi connectivity index (χ3n) is 4.38. The molecular weight excluding hydrogens is 346 g/mol. The highest BCUT2D eigenvalue weighted by Gasteiger charge is 2.35. The molecule has 1 aromatic heterocycles. The van der Waals surface area contributed by atoms with Crippen molar-refractivity contribution < 1.29 is 14.3 Å². The van der Waals surface area contributed by atoms with Gasteiger partial charge < -0.3 is 15.0 Å². The molecule has 144 valence electrons. The fraction of sp³-hybridized carbons (Fsp3) is 0.474. The average Bonchev–Trinajstić information content (AvgIpc) is 3.08. The van der Waals surface area contributed by atoms with Crippen LogP contribution in [0.25, 0.3) is 0 Å². The number of anilines is 1. The molecule has 2 aromatic rings. The minimum atomic E-state index is -0.417. The molecule has 0 radical (unpaired) electrons. The maximum Gasteiger partial charge on any atom is 0.248 e. The smallest absolute Gasteiger partial charge is 0.248 e. The largest absolute Gasteiger partial charge is 0.492 e. The van der Waals surface area contributed by atoms with Crippen molar-refractivity contribution in [3.8, 4) is 5.75 Å². The van der Waals surface area contributed by atoms with E-state index in [9.17, 15) is 9.59 Å². The predicted octanol–water partition coefficient (Wildman–Crippen LogP) is 2.24. The molecule has 1 aliphatic rings. The van der Waals surface area contributed by atoms with Gasteiger partial charge in [0.15, 0.2) is 0 Å². The van der Waals surface area contributed by atoms with Gasteiger partial charge in [0.2, 0.25) is 11.8 Å². The standard InChI is InChI=1S/C19H25N5O3/c1-4-27-17-8-6-5-7-15(17)21-18(25)12-23-11-14-10-20-22-24(14)16(19(23)26)9-13(2)3/h5-8,10,13,16H,4,9,11-12H2,1-3H3,(H,21,25)/t16-/m0/s1. The number of carbonyl (C=O) groups is 2. The first kappa shape index (κ1) is 18.9. The molecule has 2 amide bonds. The minimum Gasteiger partial charge on any atom is -0.492 e. The number of nitrogens with one attached hydrogen (secondary N) is 1. The van der Waals surface area contributed by atoms with E-state index in [1.807, 2.05) is 19.1 Å². The van der Waals surface area contributed by atoms with E-state index in [1.54, 1.807) is 27.9 Å². The third kappa shape index (κ3) is 4.27. The molecule has 1 atom stereocenters. The van der Waals surface area contributed by atoms with E-state index in [2.05, 4.69) is 29.5 Å². The highest BCUT2D eigenvalue weighted by atomic mass is 16.5. The summed E-state index contributed by atoms with van der Waals surface area (Å²) in [5, 5.41) is 10.8. The molecule has 0 fully saturated rings. The molecule has 27 heavy (non-hydrogen) atoms. The lowest BCUT2D eigenvalue weighted by atomic mass is 10.0. The van der Waals surface area contributed by atoms with Gasteiger partial charge in [-0.2, -0.15) is 0 Å². The van der Waals surface area contributed by atoms with Crippen LogP contribution in [0.15, 0.2) is 30.5 Å². The zero-order chi connectivity index (χ0) is 19.4. The van der Waals surface area contributed by atoms with Crippen LogP contribution in [0.3, 0.4) is 0 Å². The van der Waals surface area contributed by atoms with Crippen LogP contribution in [-0.4, -0.2) is 44.9 Å². The van der Waals surface area contributed by atoms with Gasteiger partial charge in [-0.3, -0.25) is 9.59 Å². The Bertz CT molecular complexity index is 817. The number of amides is 2. The number of para-hydroxylation sites is 2. The van der Waals surface area contributed by atoms with E-state index in [0.29, 0.717) is 36.9 Å². The Morgan fingerprint density at radius 2 is 2.15 bits per heavy atom. The molecule has 0 saturated heterocycles. The number of fused-ring (bicyclic) bond motifs is 1. The fourth-order valence-electron chi connectivity index (χ4n) is 3.22. The zero-order valence-corrected chi connectivity index (χ0v) is 15.9. The maximum absolute atomic E-state index is 12.9. The molecule has 1 aliphatic heterocycles. The van der Waals surface area contributed by atoms with Gasteiger partial charge in [0, 0.05) is 0 Å². The molecule has 2 heterocycles. The van der Waals surface area contributed by atoms with Crippen LogP contribution in [0.2, 0.25) is 0 Å². The van der Waals surface area contributed by atoms with Crippen LogP contribution < -0.4 is 10.1 Å². The van der Waals surface area contributed by atoms with Gasteiger partial charge in [-0.1, -0.05) is 31.2 Å². The van der Waals surface area contributed by atoms with Gasteiger partial charge in [0.1, 0.15) is 18.3 Å². The topological polar surface area (TPSA) is 89.3 Å².